The van der Waals surface area contributed by atoms with E-state index in [4.69, 9.17) is 0 Å². The quantitative estimate of drug-likeness (QED) is 0.789. The molecule has 6 nitrogen and oxygen atoms in total. The Kier molecular flexibility index (Phi) is 6.55. The van der Waals surface area contributed by atoms with Crippen LogP contribution in [0, 0.1) is 0 Å². The third-order valence-electron chi connectivity index (χ3n) is 4.94. The van der Waals surface area contributed by atoms with Crippen LogP contribution in [0.15, 0.2) is 54.6 Å². The van der Waals surface area contributed by atoms with E-state index in [0.29, 0.717) is 24.2 Å². The van der Waals surface area contributed by atoms with Crippen molar-refractivity contribution in [2.45, 2.75) is 51.6 Å². The van der Waals surface area contributed by atoms with Gasteiger partial charge in [0.15, 0.2) is 0 Å². The number of nitrogens with one attached hydrogen (secondary N) is 2. The minimum Gasteiger partial charge on any atom is -0.347 e. The van der Waals surface area contributed by atoms with E-state index < -0.39 is 6.04 Å². The average molecular weight is 408 g/mol. The number of hydrogen-bond donors (Lipinski definition) is 2. The molecule has 1 atom stereocenters. The molecule has 0 saturated carbocycles. The second kappa shape index (κ2) is 9.11. The van der Waals surface area contributed by atoms with E-state index in [-0.39, 0.29) is 23.3 Å². The molecular formula is C24H29N3O3. The van der Waals surface area contributed by atoms with Crippen molar-refractivity contribution < 1.29 is 14.4 Å². The molecule has 3 rings (SSSR count). The van der Waals surface area contributed by atoms with Gasteiger partial charge in [-0.05, 0) is 63.4 Å². The summed E-state index contributed by atoms with van der Waals surface area (Å²) in [5.41, 5.74) is 1.56. The van der Waals surface area contributed by atoms with E-state index in [2.05, 4.69) is 10.6 Å². The van der Waals surface area contributed by atoms with Gasteiger partial charge in [0.05, 0.1) is 0 Å². The molecule has 1 saturated heterocycles. The zero-order valence-corrected chi connectivity index (χ0v) is 17.8. The number of nitrogens with zero attached hydrogens (tertiary/aromatic N) is 1. The molecule has 0 bridgehead atoms. The Morgan fingerprint density at radius 1 is 0.967 bits per heavy atom. The van der Waals surface area contributed by atoms with Crippen molar-refractivity contribution in [3.63, 3.8) is 0 Å². The topological polar surface area (TPSA) is 78.5 Å². The zero-order chi connectivity index (χ0) is 21.7. The van der Waals surface area contributed by atoms with Gasteiger partial charge in [-0.25, -0.2) is 0 Å². The highest BCUT2D eigenvalue weighted by atomic mass is 16.2. The average Bonchev–Trinajstić information content (AvgIpc) is 2.70. The number of piperidine rings is 1. The number of carbonyl (C=O) groups excluding carboxylic acids is 3. The third kappa shape index (κ3) is 5.47. The van der Waals surface area contributed by atoms with Crippen LogP contribution in [0.2, 0.25) is 0 Å². The number of likely N-dealkylation sites (tertiary alicyclic amines) is 1. The summed E-state index contributed by atoms with van der Waals surface area (Å²) in [6, 6.07) is 15.4. The number of hydrogen-bond acceptors (Lipinski definition) is 3. The van der Waals surface area contributed by atoms with E-state index >= 15 is 0 Å². The van der Waals surface area contributed by atoms with E-state index in [1.165, 1.54) is 0 Å². The van der Waals surface area contributed by atoms with E-state index in [1.54, 1.807) is 29.2 Å². The second-order valence-electron chi connectivity index (χ2n) is 8.63. The summed E-state index contributed by atoms with van der Waals surface area (Å²) >= 11 is 0. The summed E-state index contributed by atoms with van der Waals surface area (Å²) in [5, 5.41) is 5.82. The van der Waals surface area contributed by atoms with Crippen LogP contribution in [0.4, 0.5) is 5.69 Å². The van der Waals surface area contributed by atoms with Gasteiger partial charge in [-0.1, -0.05) is 30.3 Å². The highest BCUT2D eigenvalue weighted by Gasteiger charge is 2.32. The fourth-order valence-electron chi connectivity index (χ4n) is 3.54. The summed E-state index contributed by atoms with van der Waals surface area (Å²) in [6.45, 7) is 6.33. The molecule has 2 aromatic rings. The van der Waals surface area contributed by atoms with Crippen LogP contribution in [0.1, 0.15) is 62.0 Å². The van der Waals surface area contributed by atoms with Crippen molar-refractivity contribution >= 4 is 23.4 Å². The van der Waals surface area contributed by atoms with Gasteiger partial charge < -0.3 is 15.5 Å². The first-order chi connectivity index (χ1) is 14.2. The molecule has 1 aliphatic heterocycles. The molecule has 1 heterocycles. The molecular weight excluding hydrogens is 378 g/mol. The largest absolute Gasteiger partial charge is 0.347 e. The summed E-state index contributed by atoms with van der Waals surface area (Å²) in [5.74, 6) is -0.427. The molecule has 0 radical (unpaired) electrons. The molecule has 1 fully saturated rings. The Morgan fingerprint density at radius 2 is 1.63 bits per heavy atom. The number of carbonyl (C=O) groups is 3. The zero-order valence-electron chi connectivity index (χ0n) is 17.8. The number of benzene rings is 2. The van der Waals surface area contributed by atoms with Crippen molar-refractivity contribution in [2.24, 2.45) is 0 Å². The molecule has 0 aliphatic carbocycles. The molecule has 0 spiro atoms. The summed E-state index contributed by atoms with van der Waals surface area (Å²) < 4.78 is 0. The first kappa shape index (κ1) is 21.6. The molecule has 30 heavy (non-hydrogen) atoms. The summed E-state index contributed by atoms with van der Waals surface area (Å²) in [4.78, 5) is 39.6. The fraction of sp³-hybridized carbons (Fsp3) is 0.375. The molecule has 6 heteroatoms. The predicted octanol–water partition coefficient (Wildman–Crippen LogP) is 3.91. The highest BCUT2D eigenvalue weighted by molar-refractivity contribution is 5.99. The predicted molar refractivity (Wildman–Crippen MR) is 117 cm³/mol. The number of amides is 3. The Morgan fingerprint density at radius 3 is 2.23 bits per heavy atom. The monoisotopic (exact) mass is 407 g/mol. The second-order valence-corrected chi connectivity index (χ2v) is 8.63. The first-order valence-electron chi connectivity index (χ1n) is 10.3. The van der Waals surface area contributed by atoms with E-state index in [1.807, 2.05) is 51.1 Å². The SMILES string of the molecule is CC(C)(C)NC(=O)c1ccc(NC(=O)C(c2ccccc2)N2CCCCC2=O)cc1. The fourth-order valence-corrected chi connectivity index (χ4v) is 3.54. The third-order valence-corrected chi connectivity index (χ3v) is 4.94. The van der Waals surface area contributed by atoms with Gasteiger partial charge >= 0.3 is 0 Å². The molecule has 2 aromatic carbocycles. The van der Waals surface area contributed by atoms with E-state index in [0.717, 1.165) is 18.4 Å². The van der Waals surface area contributed by atoms with Crippen LogP contribution < -0.4 is 10.6 Å². The Bertz CT molecular complexity index is 902. The maximum atomic E-state index is 13.2. The van der Waals surface area contributed by atoms with Gasteiger partial charge in [-0.2, -0.15) is 0 Å². The first-order valence-corrected chi connectivity index (χ1v) is 10.3. The van der Waals surface area contributed by atoms with E-state index in [9.17, 15) is 14.4 Å². The van der Waals surface area contributed by atoms with Gasteiger partial charge in [0.1, 0.15) is 6.04 Å². The molecule has 1 aliphatic rings. The summed E-state index contributed by atoms with van der Waals surface area (Å²) in [6.07, 6.45) is 2.21. The molecule has 0 aromatic heterocycles. The van der Waals surface area contributed by atoms with Gasteiger partial charge in [0.25, 0.3) is 11.8 Å². The Labute approximate surface area is 177 Å². The summed E-state index contributed by atoms with van der Waals surface area (Å²) in [7, 11) is 0. The van der Waals surface area contributed by atoms with Crippen LogP contribution in [0.3, 0.4) is 0 Å². The van der Waals surface area contributed by atoms with Crippen molar-refractivity contribution in [3.8, 4) is 0 Å². The molecule has 2 N–H and O–H groups in total. The molecule has 3 amide bonds. The van der Waals surface area contributed by atoms with Crippen molar-refractivity contribution in [1.82, 2.24) is 10.2 Å². The standard InChI is InChI=1S/C24H29N3O3/c1-24(2,3)26-22(29)18-12-14-19(15-13-18)25-23(30)21(17-9-5-4-6-10-17)27-16-8-7-11-20(27)28/h4-6,9-10,12-15,21H,7-8,11,16H2,1-3H3,(H,25,30)(H,26,29). The lowest BCUT2D eigenvalue weighted by atomic mass is 10.0. The van der Waals surface area contributed by atoms with Gasteiger partial charge in [-0.3, -0.25) is 14.4 Å². The molecule has 1 unspecified atom stereocenters. The van der Waals surface area contributed by atoms with Crippen LogP contribution in [-0.4, -0.2) is 34.7 Å². The maximum absolute atomic E-state index is 13.2. The number of anilines is 1. The van der Waals surface area contributed by atoms with Crippen LogP contribution in [-0.2, 0) is 9.59 Å². The minimum absolute atomic E-state index is 0.000507. The van der Waals surface area contributed by atoms with Gasteiger partial charge in [0.2, 0.25) is 5.91 Å². The smallest absolute Gasteiger partial charge is 0.251 e. The van der Waals surface area contributed by atoms with Gasteiger partial charge in [-0.15, -0.1) is 0 Å². The van der Waals surface area contributed by atoms with Crippen LogP contribution in [0.25, 0.3) is 0 Å². The lowest BCUT2D eigenvalue weighted by molar-refractivity contribution is -0.141. The van der Waals surface area contributed by atoms with Crippen LogP contribution in [0.5, 0.6) is 0 Å². The van der Waals surface area contributed by atoms with Crippen LogP contribution >= 0.6 is 0 Å². The van der Waals surface area contributed by atoms with Gasteiger partial charge in [0, 0.05) is 29.8 Å². The maximum Gasteiger partial charge on any atom is 0.251 e. The Hall–Kier alpha value is -3.15. The van der Waals surface area contributed by atoms with Crippen molar-refractivity contribution in [2.75, 3.05) is 11.9 Å². The normalized spacial score (nSPS) is 15.4. The number of rotatable bonds is 5. The highest BCUT2D eigenvalue weighted by Crippen LogP contribution is 2.27. The lowest BCUT2D eigenvalue weighted by Gasteiger charge is -2.34. The molecule has 158 valence electrons. The van der Waals surface area contributed by atoms with Crippen molar-refractivity contribution in [3.05, 3.63) is 65.7 Å². The Balaban J connectivity index is 1.77. The van der Waals surface area contributed by atoms with Crippen molar-refractivity contribution in [1.29, 1.82) is 0 Å². The minimum atomic E-state index is -0.678. The lowest BCUT2D eigenvalue weighted by Crippen LogP contribution is -2.43.